The highest BCUT2D eigenvalue weighted by Crippen LogP contribution is 2.29. The smallest absolute Gasteiger partial charge is 0.259 e. The Bertz CT molecular complexity index is 668. The van der Waals surface area contributed by atoms with Gasteiger partial charge in [-0.25, -0.2) is 4.39 Å². The first-order valence-electron chi connectivity index (χ1n) is 5.33. The first-order valence-corrected chi connectivity index (χ1v) is 6.46. The maximum absolute atomic E-state index is 13.4. The number of halogens is 4. The van der Waals surface area contributed by atoms with Crippen LogP contribution < -0.4 is 5.32 Å². The van der Waals surface area contributed by atoms with Crippen molar-refractivity contribution in [3.8, 4) is 5.75 Å². The summed E-state index contributed by atoms with van der Waals surface area (Å²) < 4.78 is 13.4. The van der Waals surface area contributed by atoms with Crippen LogP contribution in [0.1, 0.15) is 10.4 Å². The molecule has 0 aliphatic heterocycles. The molecular formula is C13H7Cl3FNO2. The second kappa shape index (κ2) is 5.87. The molecule has 0 aromatic heterocycles. The third-order valence-electron chi connectivity index (χ3n) is 2.44. The number of phenols is 1. The van der Waals surface area contributed by atoms with Crippen LogP contribution in [-0.4, -0.2) is 11.0 Å². The first kappa shape index (κ1) is 14.9. The van der Waals surface area contributed by atoms with Crippen LogP contribution in [0.25, 0.3) is 0 Å². The number of amides is 1. The van der Waals surface area contributed by atoms with E-state index in [2.05, 4.69) is 5.32 Å². The van der Waals surface area contributed by atoms with Gasteiger partial charge in [0.2, 0.25) is 0 Å². The van der Waals surface area contributed by atoms with Crippen LogP contribution in [0.5, 0.6) is 5.75 Å². The lowest BCUT2D eigenvalue weighted by Crippen LogP contribution is -2.12. The van der Waals surface area contributed by atoms with Gasteiger partial charge in [0, 0.05) is 10.7 Å². The lowest BCUT2D eigenvalue weighted by molar-refractivity contribution is 0.102. The number of hydrogen-bond donors (Lipinski definition) is 2. The molecule has 0 aliphatic rings. The van der Waals surface area contributed by atoms with Crippen molar-refractivity contribution < 1.29 is 14.3 Å². The van der Waals surface area contributed by atoms with E-state index in [1.54, 1.807) is 0 Å². The Morgan fingerprint density at radius 2 is 1.85 bits per heavy atom. The number of carbonyl (C=O) groups is 1. The van der Waals surface area contributed by atoms with E-state index >= 15 is 0 Å². The molecule has 0 radical (unpaired) electrons. The summed E-state index contributed by atoms with van der Waals surface area (Å²) in [6, 6.07) is 6.33. The molecule has 0 bridgehead atoms. The molecule has 2 rings (SSSR count). The van der Waals surface area contributed by atoms with Crippen LogP contribution >= 0.6 is 34.8 Å². The number of anilines is 1. The highest BCUT2D eigenvalue weighted by atomic mass is 35.5. The van der Waals surface area contributed by atoms with E-state index in [9.17, 15) is 14.3 Å². The molecule has 0 atom stereocenters. The van der Waals surface area contributed by atoms with Gasteiger partial charge < -0.3 is 10.4 Å². The van der Waals surface area contributed by atoms with Crippen molar-refractivity contribution in [2.75, 3.05) is 5.32 Å². The van der Waals surface area contributed by atoms with Gasteiger partial charge in [0.15, 0.2) is 0 Å². The molecule has 3 nitrogen and oxygen atoms in total. The molecule has 2 N–H and O–H groups in total. The SMILES string of the molecule is O=C(Nc1cc(F)c(Cl)c(Cl)c1)c1cc(Cl)ccc1O. The van der Waals surface area contributed by atoms with Crippen molar-refractivity contribution in [3.63, 3.8) is 0 Å². The maximum atomic E-state index is 13.4. The zero-order valence-electron chi connectivity index (χ0n) is 9.75. The molecule has 0 spiro atoms. The summed E-state index contributed by atoms with van der Waals surface area (Å²) in [4.78, 5) is 12.0. The van der Waals surface area contributed by atoms with Crippen LogP contribution in [0.4, 0.5) is 10.1 Å². The molecule has 0 heterocycles. The monoisotopic (exact) mass is 333 g/mol. The Morgan fingerprint density at radius 3 is 2.50 bits per heavy atom. The second-order valence-electron chi connectivity index (χ2n) is 3.87. The van der Waals surface area contributed by atoms with Gasteiger partial charge in [0.1, 0.15) is 11.6 Å². The number of phenolic OH excluding ortho intramolecular Hbond substituents is 1. The topological polar surface area (TPSA) is 49.3 Å². The lowest BCUT2D eigenvalue weighted by atomic mass is 10.2. The van der Waals surface area contributed by atoms with Crippen molar-refractivity contribution >= 4 is 46.4 Å². The largest absolute Gasteiger partial charge is 0.507 e. The molecule has 1 amide bonds. The summed E-state index contributed by atoms with van der Waals surface area (Å²) in [6.45, 7) is 0. The fraction of sp³-hybridized carbons (Fsp3) is 0. The van der Waals surface area contributed by atoms with Crippen LogP contribution in [0, 0.1) is 5.82 Å². The normalized spacial score (nSPS) is 10.4. The number of hydrogen-bond acceptors (Lipinski definition) is 2. The average molecular weight is 335 g/mol. The Labute approximate surface area is 128 Å². The highest BCUT2D eigenvalue weighted by molar-refractivity contribution is 6.42. The predicted octanol–water partition coefficient (Wildman–Crippen LogP) is 4.74. The fourth-order valence-electron chi connectivity index (χ4n) is 1.52. The molecule has 0 saturated carbocycles. The minimum atomic E-state index is -0.759. The van der Waals surface area contributed by atoms with Crippen LogP contribution in [0.3, 0.4) is 0 Å². The van der Waals surface area contributed by atoms with E-state index < -0.39 is 11.7 Å². The minimum Gasteiger partial charge on any atom is -0.507 e. The Morgan fingerprint density at radius 1 is 1.15 bits per heavy atom. The fourth-order valence-corrected chi connectivity index (χ4v) is 2.01. The Hall–Kier alpha value is -1.49. The molecule has 104 valence electrons. The van der Waals surface area contributed by atoms with E-state index in [-0.39, 0.29) is 32.1 Å². The summed E-state index contributed by atoms with van der Waals surface area (Å²) in [5.74, 6) is -1.65. The summed E-state index contributed by atoms with van der Waals surface area (Å²) in [7, 11) is 0. The maximum Gasteiger partial charge on any atom is 0.259 e. The van der Waals surface area contributed by atoms with Crippen molar-refractivity contribution in [2.24, 2.45) is 0 Å². The molecule has 7 heteroatoms. The molecular weight excluding hydrogens is 328 g/mol. The minimum absolute atomic E-state index is 0.0303. The Kier molecular flexibility index (Phi) is 4.38. The first-order chi connectivity index (χ1) is 9.38. The van der Waals surface area contributed by atoms with Gasteiger partial charge in [0.25, 0.3) is 5.91 Å². The van der Waals surface area contributed by atoms with E-state index in [0.29, 0.717) is 0 Å². The number of aromatic hydroxyl groups is 1. The van der Waals surface area contributed by atoms with Crippen molar-refractivity contribution in [1.29, 1.82) is 0 Å². The van der Waals surface area contributed by atoms with E-state index in [1.807, 2.05) is 0 Å². The van der Waals surface area contributed by atoms with Gasteiger partial charge in [-0.1, -0.05) is 34.8 Å². The summed E-state index contributed by atoms with van der Waals surface area (Å²) in [5.41, 5.74) is 0.0743. The highest BCUT2D eigenvalue weighted by Gasteiger charge is 2.14. The second-order valence-corrected chi connectivity index (χ2v) is 5.09. The van der Waals surface area contributed by atoms with Gasteiger partial charge in [0.05, 0.1) is 15.6 Å². The standard InChI is InChI=1S/C13H7Cl3FNO2/c14-6-1-2-11(19)8(3-6)13(20)18-7-4-9(15)12(16)10(17)5-7/h1-5,19H,(H,18,20). The number of nitrogens with one attached hydrogen (secondary N) is 1. The third kappa shape index (κ3) is 3.15. The zero-order chi connectivity index (χ0) is 14.9. The Balaban J connectivity index is 2.30. The molecule has 2 aromatic rings. The summed E-state index contributed by atoms with van der Waals surface area (Å²) >= 11 is 17.0. The van der Waals surface area contributed by atoms with Gasteiger partial charge in [-0.15, -0.1) is 0 Å². The number of benzene rings is 2. The number of carbonyl (C=O) groups excluding carboxylic acids is 1. The van der Waals surface area contributed by atoms with Crippen LogP contribution in [0.15, 0.2) is 30.3 Å². The summed E-state index contributed by atoms with van der Waals surface area (Å²) in [5, 5.41) is 12.0. The van der Waals surface area contributed by atoms with E-state index in [0.717, 1.165) is 6.07 Å². The van der Waals surface area contributed by atoms with Gasteiger partial charge in [-0.2, -0.15) is 0 Å². The average Bonchev–Trinajstić information content (AvgIpc) is 2.38. The summed E-state index contributed by atoms with van der Waals surface area (Å²) in [6.07, 6.45) is 0. The number of rotatable bonds is 2. The van der Waals surface area contributed by atoms with Crippen LogP contribution in [0.2, 0.25) is 15.1 Å². The molecule has 20 heavy (non-hydrogen) atoms. The molecule has 0 saturated heterocycles. The molecule has 0 unspecified atom stereocenters. The third-order valence-corrected chi connectivity index (χ3v) is 3.46. The lowest BCUT2D eigenvalue weighted by Gasteiger charge is -2.08. The van der Waals surface area contributed by atoms with Crippen molar-refractivity contribution in [3.05, 3.63) is 56.8 Å². The molecule has 0 aliphatic carbocycles. The van der Waals surface area contributed by atoms with Crippen molar-refractivity contribution in [1.82, 2.24) is 0 Å². The molecule has 2 aromatic carbocycles. The van der Waals surface area contributed by atoms with Crippen molar-refractivity contribution in [2.45, 2.75) is 0 Å². The quantitative estimate of drug-likeness (QED) is 0.779. The van der Waals surface area contributed by atoms with E-state index in [4.69, 9.17) is 34.8 Å². The van der Waals surface area contributed by atoms with Crippen LogP contribution in [-0.2, 0) is 0 Å². The predicted molar refractivity (Wildman–Crippen MR) is 77.5 cm³/mol. The van der Waals surface area contributed by atoms with Gasteiger partial charge in [-0.3, -0.25) is 4.79 Å². The van der Waals surface area contributed by atoms with Gasteiger partial charge in [-0.05, 0) is 30.3 Å². The van der Waals surface area contributed by atoms with Gasteiger partial charge >= 0.3 is 0 Å². The zero-order valence-corrected chi connectivity index (χ0v) is 12.0. The van der Waals surface area contributed by atoms with E-state index in [1.165, 1.54) is 24.3 Å². The molecule has 0 fully saturated rings.